The number of aliphatic hydroxyl groups is 2. The molecule has 0 aromatic carbocycles. The Labute approximate surface area is 109 Å². The van der Waals surface area contributed by atoms with Crippen LogP contribution in [0.15, 0.2) is 5.16 Å². The van der Waals surface area contributed by atoms with Crippen molar-refractivity contribution in [2.24, 2.45) is 5.16 Å². The lowest BCUT2D eigenvalue weighted by Gasteiger charge is -2.26. The van der Waals surface area contributed by atoms with Crippen LogP contribution in [0.5, 0.6) is 0 Å². The predicted octanol–water partition coefficient (Wildman–Crippen LogP) is 1.26. The van der Waals surface area contributed by atoms with Crippen molar-refractivity contribution in [2.45, 2.75) is 58.2 Å². The van der Waals surface area contributed by atoms with Gasteiger partial charge < -0.3 is 24.5 Å². The highest BCUT2D eigenvalue weighted by Gasteiger charge is 2.21. The Morgan fingerprint density at radius 3 is 2.22 bits per heavy atom. The van der Waals surface area contributed by atoms with Gasteiger partial charge in [-0.3, -0.25) is 0 Å². The van der Waals surface area contributed by atoms with Crippen molar-refractivity contribution in [3.63, 3.8) is 0 Å². The molecule has 0 heterocycles. The lowest BCUT2D eigenvalue weighted by Crippen LogP contribution is -2.32. The number of rotatable bonds is 9. The van der Waals surface area contributed by atoms with Crippen molar-refractivity contribution >= 4 is 6.21 Å². The van der Waals surface area contributed by atoms with Crippen molar-refractivity contribution in [1.29, 1.82) is 0 Å². The van der Waals surface area contributed by atoms with Crippen molar-refractivity contribution < 1.29 is 24.5 Å². The SMILES string of the molecule is CO/N=C\CC(CCOC(C)(C)O)OC(C)(C)O. The average Bonchev–Trinajstić information content (AvgIpc) is 2.13. The fourth-order valence-electron chi connectivity index (χ4n) is 1.31. The molecule has 0 saturated heterocycles. The minimum Gasteiger partial charge on any atom is -0.399 e. The van der Waals surface area contributed by atoms with Gasteiger partial charge in [-0.05, 0) is 34.1 Å². The van der Waals surface area contributed by atoms with Gasteiger partial charge in [-0.25, -0.2) is 0 Å². The summed E-state index contributed by atoms with van der Waals surface area (Å²) in [5.41, 5.74) is 0. The first-order valence-electron chi connectivity index (χ1n) is 5.95. The van der Waals surface area contributed by atoms with E-state index in [0.29, 0.717) is 19.4 Å². The molecule has 0 fully saturated rings. The topological polar surface area (TPSA) is 80.5 Å². The molecule has 18 heavy (non-hydrogen) atoms. The monoisotopic (exact) mass is 263 g/mol. The van der Waals surface area contributed by atoms with E-state index in [4.69, 9.17) is 9.47 Å². The minimum absolute atomic E-state index is 0.258. The van der Waals surface area contributed by atoms with Gasteiger partial charge in [0.05, 0.1) is 12.7 Å². The van der Waals surface area contributed by atoms with E-state index < -0.39 is 11.6 Å². The molecule has 0 aromatic rings. The Morgan fingerprint density at radius 1 is 1.17 bits per heavy atom. The van der Waals surface area contributed by atoms with Crippen LogP contribution in [0.2, 0.25) is 0 Å². The Kier molecular flexibility index (Phi) is 7.39. The van der Waals surface area contributed by atoms with Crippen LogP contribution >= 0.6 is 0 Å². The second-order valence-corrected chi connectivity index (χ2v) is 4.98. The molecular formula is C12H25NO5. The zero-order chi connectivity index (χ0) is 14.2. The Bertz CT molecular complexity index is 242. The molecule has 0 rings (SSSR count). The summed E-state index contributed by atoms with van der Waals surface area (Å²) in [6, 6.07) is 0. The molecule has 108 valence electrons. The first kappa shape index (κ1) is 17.3. The quantitative estimate of drug-likeness (QED) is 0.372. The zero-order valence-corrected chi connectivity index (χ0v) is 11.8. The second-order valence-electron chi connectivity index (χ2n) is 4.98. The van der Waals surface area contributed by atoms with Crippen LogP contribution in [0.3, 0.4) is 0 Å². The first-order valence-corrected chi connectivity index (χ1v) is 5.95. The van der Waals surface area contributed by atoms with Gasteiger partial charge in [0, 0.05) is 12.6 Å². The number of nitrogens with zero attached hydrogens (tertiary/aromatic N) is 1. The van der Waals surface area contributed by atoms with Gasteiger partial charge in [-0.2, -0.15) is 0 Å². The lowest BCUT2D eigenvalue weighted by molar-refractivity contribution is -0.217. The molecule has 2 N–H and O–H groups in total. The van der Waals surface area contributed by atoms with Crippen LogP contribution in [-0.4, -0.2) is 47.8 Å². The predicted molar refractivity (Wildman–Crippen MR) is 68.2 cm³/mol. The van der Waals surface area contributed by atoms with Crippen LogP contribution in [0.4, 0.5) is 0 Å². The molecule has 0 radical (unpaired) electrons. The van der Waals surface area contributed by atoms with E-state index in [1.54, 1.807) is 33.9 Å². The highest BCUT2D eigenvalue weighted by molar-refractivity contribution is 5.56. The van der Waals surface area contributed by atoms with Crippen molar-refractivity contribution in [3.05, 3.63) is 0 Å². The summed E-state index contributed by atoms with van der Waals surface area (Å²) in [4.78, 5) is 4.56. The van der Waals surface area contributed by atoms with Crippen LogP contribution in [-0.2, 0) is 14.3 Å². The smallest absolute Gasteiger partial charge is 0.160 e. The molecular weight excluding hydrogens is 238 g/mol. The molecule has 0 amide bonds. The molecule has 0 aliphatic carbocycles. The molecule has 0 spiro atoms. The standard InChI is InChI=1S/C12H25NO5/c1-11(2,14)17-9-7-10(6-8-13-16-5)18-12(3,4)15/h8,10,14-15H,6-7,9H2,1-5H3/b13-8-. The maximum Gasteiger partial charge on any atom is 0.160 e. The minimum atomic E-state index is -1.22. The van der Waals surface area contributed by atoms with E-state index in [9.17, 15) is 10.2 Å². The summed E-state index contributed by atoms with van der Waals surface area (Å²) in [7, 11) is 1.46. The number of ether oxygens (including phenoxy) is 2. The average molecular weight is 263 g/mol. The Hall–Kier alpha value is -0.690. The summed E-state index contributed by atoms with van der Waals surface area (Å²) >= 11 is 0. The maximum absolute atomic E-state index is 9.62. The normalized spacial score (nSPS) is 15.1. The van der Waals surface area contributed by atoms with Crippen molar-refractivity contribution in [2.75, 3.05) is 13.7 Å². The van der Waals surface area contributed by atoms with Crippen LogP contribution in [0, 0.1) is 0 Å². The molecule has 1 atom stereocenters. The molecule has 0 bridgehead atoms. The molecule has 6 heteroatoms. The van der Waals surface area contributed by atoms with Crippen molar-refractivity contribution in [1.82, 2.24) is 0 Å². The maximum atomic E-state index is 9.62. The molecule has 0 aliphatic heterocycles. The van der Waals surface area contributed by atoms with E-state index >= 15 is 0 Å². The molecule has 0 saturated carbocycles. The lowest BCUT2D eigenvalue weighted by atomic mass is 10.2. The fraction of sp³-hybridized carbons (Fsp3) is 0.917. The summed E-state index contributed by atoms with van der Waals surface area (Å²) in [6.07, 6.45) is 2.34. The Morgan fingerprint density at radius 2 is 1.78 bits per heavy atom. The fourth-order valence-corrected chi connectivity index (χ4v) is 1.31. The van der Waals surface area contributed by atoms with Gasteiger partial charge in [-0.15, -0.1) is 0 Å². The van der Waals surface area contributed by atoms with E-state index in [1.807, 2.05) is 0 Å². The van der Waals surface area contributed by atoms with Crippen molar-refractivity contribution in [3.8, 4) is 0 Å². The Balaban J connectivity index is 4.17. The van der Waals surface area contributed by atoms with Crippen LogP contribution in [0.1, 0.15) is 40.5 Å². The van der Waals surface area contributed by atoms with Gasteiger partial charge >= 0.3 is 0 Å². The van der Waals surface area contributed by atoms with Crippen LogP contribution < -0.4 is 0 Å². The summed E-state index contributed by atoms with van der Waals surface area (Å²) in [5, 5.41) is 22.7. The molecule has 1 unspecified atom stereocenters. The van der Waals surface area contributed by atoms with E-state index in [-0.39, 0.29) is 6.10 Å². The third kappa shape index (κ3) is 11.8. The highest BCUT2D eigenvalue weighted by atomic mass is 16.6. The first-order chi connectivity index (χ1) is 8.14. The third-order valence-electron chi connectivity index (χ3n) is 1.90. The van der Waals surface area contributed by atoms with E-state index in [1.165, 1.54) is 7.11 Å². The number of hydrogen-bond donors (Lipinski definition) is 2. The zero-order valence-electron chi connectivity index (χ0n) is 11.8. The van der Waals surface area contributed by atoms with E-state index in [0.717, 1.165) is 0 Å². The molecule has 0 aromatic heterocycles. The van der Waals surface area contributed by atoms with Gasteiger partial charge in [0.2, 0.25) is 0 Å². The molecule has 0 aliphatic rings. The highest BCUT2D eigenvalue weighted by Crippen LogP contribution is 2.14. The second kappa shape index (κ2) is 7.68. The summed E-state index contributed by atoms with van der Waals surface area (Å²) in [6.45, 7) is 6.57. The van der Waals surface area contributed by atoms with Gasteiger partial charge in [0.1, 0.15) is 7.11 Å². The number of hydrogen-bond acceptors (Lipinski definition) is 6. The largest absolute Gasteiger partial charge is 0.399 e. The summed E-state index contributed by atoms with van der Waals surface area (Å²) < 4.78 is 10.6. The number of oxime groups is 1. The van der Waals surface area contributed by atoms with Gasteiger partial charge in [0.15, 0.2) is 11.6 Å². The van der Waals surface area contributed by atoms with E-state index in [2.05, 4.69) is 9.99 Å². The molecule has 6 nitrogen and oxygen atoms in total. The van der Waals surface area contributed by atoms with Crippen LogP contribution in [0.25, 0.3) is 0 Å². The van der Waals surface area contributed by atoms with Gasteiger partial charge in [-0.1, -0.05) is 5.16 Å². The van der Waals surface area contributed by atoms with Gasteiger partial charge in [0.25, 0.3) is 0 Å². The third-order valence-corrected chi connectivity index (χ3v) is 1.90. The summed E-state index contributed by atoms with van der Waals surface area (Å²) in [5.74, 6) is -2.39.